The summed E-state index contributed by atoms with van der Waals surface area (Å²) in [5.41, 5.74) is -0.342. The molecule has 1 aromatic rings. The highest BCUT2D eigenvalue weighted by Crippen LogP contribution is 2.41. The zero-order valence-electron chi connectivity index (χ0n) is 11.2. The maximum atomic E-state index is 11.9. The Morgan fingerprint density at radius 1 is 1.35 bits per heavy atom. The first kappa shape index (κ1) is 14.8. The Bertz CT molecular complexity index is 609. The number of nitrogens with one attached hydrogen (secondary N) is 2. The molecule has 1 fully saturated rings. The number of sulfonamides is 1. The van der Waals surface area contributed by atoms with Crippen molar-refractivity contribution in [1.29, 1.82) is 0 Å². The maximum Gasteiger partial charge on any atom is 0.311 e. The van der Waals surface area contributed by atoms with E-state index < -0.39 is 21.4 Å². The van der Waals surface area contributed by atoms with Gasteiger partial charge in [0.2, 0.25) is 10.0 Å². The molecule has 1 aliphatic rings. The van der Waals surface area contributed by atoms with Crippen molar-refractivity contribution in [2.45, 2.75) is 24.2 Å². The largest absolute Gasteiger partial charge is 0.481 e. The predicted molar refractivity (Wildman–Crippen MR) is 75.1 cm³/mol. The van der Waals surface area contributed by atoms with E-state index in [0.717, 1.165) is 6.42 Å². The molecule has 1 aliphatic carbocycles. The van der Waals surface area contributed by atoms with Gasteiger partial charge in [0.15, 0.2) is 0 Å². The first-order chi connectivity index (χ1) is 9.41. The molecule has 110 valence electrons. The van der Waals surface area contributed by atoms with Crippen molar-refractivity contribution >= 4 is 21.7 Å². The van der Waals surface area contributed by atoms with Crippen LogP contribution in [0.5, 0.6) is 0 Å². The van der Waals surface area contributed by atoms with Gasteiger partial charge in [-0.05, 0) is 32.0 Å². The van der Waals surface area contributed by atoms with Gasteiger partial charge in [0.1, 0.15) is 4.90 Å². The molecule has 6 nitrogen and oxygen atoms in total. The Hall–Kier alpha value is -1.60. The fraction of sp³-hybridized carbons (Fsp3) is 0.462. The topological polar surface area (TPSA) is 95.5 Å². The average molecular weight is 298 g/mol. The van der Waals surface area contributed by atoms with E-state index in [9.17, 15) is 18.3 Å². The highest BCUT2D eigenvalue weighted by Gasteiger charge is 2.44. The van der Waals surface area contributed by atoms with Crippen LogP contribution in [0.3, 0.4) is 0 Å². The summed E-state index contributed by atoms with van der Waals surface area (Å²) in [5.74, 6) is -0.829. The van der Waals surface area contributed by atoms with E-state index in [1.165, 1.54) is 13.1 Å². The fourth-order valence-corrected chi connectivity index (χ4v) is 3.20. The Morgan fingerprint density at radius 3 is 2.50 bits per heavy atom. The molecule has 0 radical (unpaired) electrons. The van der Waals surface area contributed by atoms with Crippen LogP contribution in [0.4, 0.5) is 5.69 Å². The molecule has 20 heavy (non-hydrogen) atoms. The molecule has 0 atom stereocenters. The van der Waals surface area contributed by atoms with Crippen LogP contribution in [-0.2, 0) is 14.8 Å². The number of rotatable bonds is 6. The molecule has 0 aliphatic heterocycles. The lowest BCUT2D eigenvalue weighted by molar-refractivity contribution is -0.153. The number of carboxylic acids is 1. The minimum atomic E-state index is -3.57. The molecule has 2 rings (SSSR count). The molecule has 0 spiro atoms. The molecular formula is C13H18N2O4S. The fourth-order valence-electron chi connectivity index (χ4n) is 2.29. The van der Waals surface area contributed by atoms with Gasteiger partial charge in [0, 0.05) is 6.54 Å². The first-order valence-corrected chi connectivity index (χ1v) is 7.89. The number of carboxylic acid groups (broad SMARTS) is 1. The Labute approximate surface area is 118 Å². The molecular weight excluding hydrogens is 280 g/mol. The zero-order valence-corrected chi connectivity index (χ0v) is 12.0. The number of carbonyl (C=O) groups is 1. The van der Waals surface area contributed by atoms with E-state index in [2.05, 4.69) is 10.0 Å². The quantitative estimate of drug-likeness (QED) is 0.735. The molecule has 7 heteroatoms. The molecule has 0 saturated heterocycles. The molecule has 0 amide bonds. The van der Waals surface area contributed by atoms with Crippen LogP contribution in [-0.4, -0.2) is 33.1 Å². The molecule has 3 N–H and O–H groups in total. The third kappa shape index (κ3) is 2.64. The third-order valence-corrected chi connectivity index (χ3v) is 5.30. The zero-order chi connectivity index (χ0) is 14.8. The summed E-state index contributed by atoms with van der Waals surface area (Å²) in [6.07, 6.45) is 2.14. The number of benzene rings is 1. The summed E-state index contributed by atoms with van der Waals surface area (Å²) in [7, 11) is -2.22. The van der Waals surface area contributed by atoms with Crippen molar-refractivity contribution in [3.63, 3.8) is 0 Å². The summed E-state index contributed by atoms with van der Waals surface area (Å²) in [5, 5.41) is 12.2. The van der Waals surface area contributed by atoms with Crippen molar-refractivity contribution in [3.8, 4) is 0 Å². The van der Waals surface area contributed by atoms with Gasteiger partial charge in [-0.15, -0.1) is 0 Å². The second-order valence-corrected chi connectivity index (χ2v) is 6.85. The number of aliphatic carboxylic acids is 1. The van der Waals surface area contributed by atoms with Gasteiger partial charge in [0.25, 0.3) is 0 Å². The van der Waals surface area contributed by atoms with E-state index in [0.29, 0.717) is 18.5 Å². The van der Waals surface area contributed by atoms with Gasteiger partial charge in [-0.2, -0.15) is 0 Å². The average Bonchev–Trinajstić information content (AvgIpc) is 2.37. The monoisotopic (exact) mass is 298 g/mol. The van der Waals surface area contributed by atoms with Crippen LogP contribution in [0.1, 0.15) is 19.3 Å². The smallest absolute Gasteiger partial charge is 0.311 e. The van der Waals surface area contributed by atoms with Gasteiger partial charge in [-0.25, -0.2) is 13.1 Å². The number of anilines is 1. The van der Waals surface area contributed by atoms with E-state index in [1.54, 1.807) is 18.2 Å². The van der Waals surface area contributed by atoms with E-state index in [4.69, 9.17) is 0 Å². The van der Waals surface area contributed by atoms with Gasteiger partial charge in [0.05, 0.1) is 11.1 Å². The van der Waals surface area contributed by atoms with Crippen LogP contribution < -0.4 is 10.0 Å². The van der Waals surface area contributed by atoms with Crippen LogP contribution in [0.25, 0.3) is 0 Å². The lowest BCUT2D eigenvalue weighted by atomic mass is 9.69. The van der Waals surface area contributed by atoms with Crippen LogP contribution in [0, 0.1) is 5.41 Å². The van der Waals surface area contributed by atoms with Gasteiger partial charge >= 0.3 is 5.97 Å². The first-order valence-electron chi connectivity index (χ1n) is 6.41. The Morgan fingerprint density at radius 2 is 2.00 bits per heavy atom. The van der Waals surface area contributed by atoms with Crippen molar-refractivity contribution in [2.75, 3.05) is 18.9 Å². The number of hydrogen-bond acceptors (Lipinski definition) is 4. The minimum Gasteiger partial charge on any atom is -0.481 e. The maximum absolute atomic E-state index is 11.9. The van der Waals surface area contributed by atoms with Crippen LogP contribution >= 0.6 is 0 Å². The van der Waals surface area contributed by atoms with Gasteiger partial charge in [-0.3, -0.25) is 4.79 Å². The number of hydrogen-bond donors (Lipinski definition) is 3. The highest BCUT2D eigenvalue weighted by atomic mass is 32.2. The van der Waals surface area contributed by atoms with E-state index in [1.807, 2.05) is 0 Å². The second-order valence-electron chi connectivity index (χ2n) is 5.00. The second kappa shape index (κ2) is 5.41. The normalized spacial score (nSPS) is 17.2. The van der Waals surface area contributed by atoms with Crippen molar-refractivity contribution in [2.24, 2.45) is 5.41 Å². The molecule has 0 bridgehead atoms. The molecule has 1 saturated carbocycles. The van der Waals surface area contributed by atoms with Gasteiger partial charge in [-0.1, -0.05) is 18.6 Å². The van der Waals surface area contributed by atoms with Crippen molar-refractivity contribution in [1.82, 2.24) is 4.72 Å². The predicted octanol–water partition coefficient (Wildman–Crippen LogP) is 1.26. The Kier molecular flexibility index (Phi) is 4.01. The summed E-state index contributed by atoms with van der Waals surface area (Å²) >= 11 is 0. The lowest BCUT2D eigenvalue weighted by Crippen LogP contribution is -2.43. The molecule has 0 unspecified atom stereocenters. The SMILES string of the molecule is CNS(=O)(=O)c1ccccc1NCC1(C(=O)O)CCC1. The van der Waals surface area contributed by atoms with Crippen molar-refractivity contribution in [3.05, 3.63) is 24.3 Å². The molecule has 1 aromatic carbocycles. The summed E-state index contributed by atoms with van der Waals surface area (Å²) in [4.78, 5) is 11.4. The van der Waals surface area contributed by atoms with E-state index >= 15 is 0 Å². The van der Waals surface area contributed by atoms with E-state index in [-0.39, 0.29) is 11.4 Å². The third-order valence-electron chi connectivity index (χ3n) is 3.83. The Balaban J connectivity index is 2.21. The van der Waals surface area contributed by atoms with Crippen LogP contribution in [0.15, 0.2) is 29.2 Å². The molecule has 0 aromatic heterocycles. The summed E-state index contributed by atoms with van der Waals surface area (Å²) in [6.45, 7) is 0.235. The lowest BCUT2D eigenvalue weighted by Gasteiger charge is -2.38. The number of para-hydroxylation sites is 1. The van der Waals surface area contributed by atoms with Crippen LogP contribution in [0.2, 0.25) is 0 Å². The summed E-state index contributed by atoms with van der Waals surface area (Å²) < 4.78 is 26.1. The minimum absolute atomic E-state index is 0.127. The standard InChI is InChI=1S/C13H18N2O4S/c1-14-20(18,19)11-6-3-2-5-10(11)15-9-13(12(16)17)7-4-8-13/h2-3,5-6,14-15H,4,7-9H2,1H3,(H,16,17). The highest BCUT2D eigenvalue weighted by molar-refractivity contribution is 7.89. The van der Waals surface area contributed by atoms with Gasteiger partial charge < -0.3 is 10.4 Å². The van der Waals surface area contributed by atoms with Crippen molar-refractivity contribution < 1.29 is 18.3 Å². The molecule has 0 heterocycles. The summed E-state index contributed by atoms with van der Waals surface area (Å²) in [6, 6.07) is 6.47.